The first kappa shape index (κ1) is 22.3. The van der Waals surface area contributed by atoms with Gasteiger partial charge in [0.1, 0.15) is 17.5 Å². The van der Waals surface area contributed by atoms with Crippen LogP contribution in [0.1, 0.15) is 46.1 Å². The number of aromatic nitrogens is 2. The Morgan fingerprint density at radius 3 is 2.31 bits per heavy atom. The number of hydrogen-bond acceptors (Lipinski definition) is 5. The lowest BCUT2D eigenvalue weighted by Gasteiger charge is -2.43. The number of nitrogens with zero attached hydrogens (tertiary/aromatic N) is 3. The molecule has 5 nitrogen and oxygen atoms in total. The van der Waals surface area contributed by atoms with Crippen LogP contribution in [0.3, 0.4) is 0 Å². The highest BCUT2D eigenvalue weighted by Gasteiger charge is 2.40. The molecule has 166 valence electrons. The van der Waals surface area contributed by atoms with Crippen LogP contribution in [0.5, 0.6) is 11.6 Å². The van der Waals surface area contributed by atoms with Crippen molar-refractivity contribution in [2.45, 2.75) is 56.1 Å². The minimum Gasteiger partial charge on any atom is -0.494 e. The van der Waals surface area contributed by atoms with Gasteiger partial charge in [-0.05, 0) is 37.1 Å². The van der Waals surface area contributed by atoms with Crippen molar-refractivity contribution in [3.05, 3.63) is 60.2 Å². The molecule has 0 unspecified atom stereocenters. The van der Waals surface area contributed by atoms with Crippen LogP contribution >= 0.6 is 11.8 Å². The molecule has 0 atom stereocenters. The first-order valence-corrected chi connectivity index (χ1v) is 11.6. The number of benzene rings is 2. The molecule has 2 heterocycles. The summed E-state index contributed by atoms with van der Waals surface area (Å²) in [5, 5.41) is 14.0. The molecule has 1 aromatic heterocycles. The van der Waals surface area contributed by atoms with Gasteiger partial charge < -0.3 is 9.47 Å². The highest BCUT2D eigenvalue weighted by Crippen LogP contribution is 2.48. The van der Waals surface area contributed by atoms with Crippen molar-refractivity contribution in [2.24, 2.45) is 0 Å². The van der Waals surface area contributed by atoms with E-state index in [2.05, 4.69) is 33.8 Å². The molecule has 0 radical (unpaired) electrons. The predicted molar refractivity (Wildman–Crippen MR) is 130 cm³/mol. The van der Waals surface area contributed by atoms with Crippen LogP contribution in [0.2, 0.25) is 0 Å². The van der Waals surface area contributed by atoms with Crippen LogP contribution in [-0.4, -0.2) is 32.5 Å². The van der Waals surface area contributed by atoms with Crippen LogP contribution in [0, 0.1) is 11.3 Å². The molecule has 2 aromatic carbocycles. The van der Waals surface area contributed by atoms with E-state index in [1.165, 1.54) is 0 Å². The normalized spacial score (nSPS) is 17.5. The Labute approximate surface area is 194 Å². The van der Waals surface area contributed by atoms with Gasteiger partial charge in [0.2, 0.25) is 5.88 Å². The highest BCUT2D eigenvalue weighted by atomic mass is 32.2. The van der Waals surface area contributed by atoms with Gasteiger partial charge in [-0.15, -0.1) is 16.9 Å². The Hall–Kier alpha value is -2.91. The van der Waals surface area contributed by atoms with Gasteiger partial charge in [0.15, 0.2) is 0 Å². The maximum atomic E-state index is 9.17. The second kappa shape index (κ2) is 8.55. The third-order valence-corrected chi connectivity index (χ3v) is 7.03. The first-order valence-electron chi connectivity index (χ1n) is 10.8. The second-order valence-electron chi connectivity index (χ2n) is 9.41. The predicted octanol–water partition coefficient (Wildman–Crippen LogP) is 6.25. The maximum absolute atomic E-state index is 9.17. The van der Waals surface area contributed by atoms with E-state index >= 15 is 0 Å². The Bertz CT molecular complexity index is 1130. The summed E-state index contributed by atoms with van der Waals surface area (Å²) in [6, 6.07) is 19.5. The van der Waals surface area contributed by atoms with Gasteiger partial charge in [-0.3, -0.25) is 0 Å². The van der Waals surface area contributed by atoms with Crippen LogP contribution in [0.15, 0.2) is 54.6 Å². The molecule has 1 aliphatic rings. The summed E-state index contributed by atoms with van der Waals surface area (Å²) in [6.07, 6.45) is 2.03. The second-order valence-corrected chi connectivity index (χ2v) is 11.8. The number of nitriles is 1. The molecule has 0 amide bonds. The lowest BCUT2D eigenvalue weighted by Crippen LogP contribution is -2.41. The summed E-state index contributed by atoms with van der Waals surface area (Å²) in [6.45, 7) is 9.13. The molecule has 0 bridgehead atoms. The van der Waals surface area contributed by atoms with Gasteiger partial charge in [-0.2, -0.15) is 5.26 Å². The molecule has 4 rings (SSSR count). The van der Waals surface area contributed by atoms with Crippen molar-refractivity contribution in [3.63, 3.8) is 0 Å². The number of thioether (sulfide) groups is 1. The van der Waals surface area contributed by atoms with E-state index in [0.29, 0.717) is 11.4 Å². The minimum atomic E-state index is 0.0936. The maximum Gasteiger partial charge on any atom is 0.234 e. The van der Waals surface area contributed by atoms with Crippen LogP contribution < -0.4 is 9.47 Å². The van der Waals surface area contributed by atoms with Crippen molar-refractivity contribution in [2.75, 3.05) is 7.11 Å². The molecule has 0 saturated carbocycles. The molecular formula is C26H29N3O2S. The van der Waals surface area contributed by atoms with E-state index < -0.39 is 0 Å². The van der Waals surface area contributed by atoms with E-state index in [4.69, 9.17) is 19.8 Å². The molecule has 0 aliphatic carbocycles. The number of ether oxygens (including phenoxy) is 2. The van der Waals surface area contributed by atoms with Gasteiger partial charge in [0, 0.05) is 21.1 Å². The van der Waals surface area contributed by atoms with Crippen LogP contribution in [0.25, 0.3) is 16.9 Å². The Morgan fingerprint density at radius 1 is 1.03 bits per heavy atom. The Kier molecular flexibility index (Phi) is 5.96. The number of methoxy groups -OCH3 is 1. The van der Waals surface area contributed by atoms with Gasteiger partial charge >= 0.3 is 0 Å². The summed E-state index contributed by atoms with van der Waals surface area (Å²) in [5.41, 5.74) is 3.30. The van der Waals surface area contributed by atoms with Gasteiger partial charge in [-0.25, -0.2) is 4.68 Å². The number of hydrogen-bond donors (Lipinski definition) is 0. The van der Waals surface area contributed by atoms with E-state index in [-0.39, 0.29) is 15.6 Å². The van der Waals surface area contributed by atoms with E-state index in [1.807, 2.05) is 71.0 Å². The molecule has 1 aliphatic heterocycles. The number of rotatable bonds is 5. The molecule has 3 aromatic rings. The summed E-state index contributed by atoms with van der Waals surface area (Å²) < 4.78 is 14.2. The van der Waals surface area contributed by atoms with Crippen molar-refractivity contribution in [1.29, 1.82) is 5.26 Å². The summed E-state index contributed by atoms with van der Waals surface area (Å²) in [7, 11) is 1.66. The van der Waals surface area contributed by atoms with Crippen molar-refractivity contribution >= 4 is 11.8 Å². The van der Waals surface area contributed by atoms with Crippen molar-refractivity contribution in [3.8, 4) is 34.6 Å². The van der Waals surface area contributed by atoms with E-state index in [1.54, 1.807) is 7.11 Å². The molecular weight excluding hydrogens is 418 g/mol. The smallest absolute Gasteiger partial charge is 0.234 e. The molecule has 0 N–H and O–H groups in total. The third kappa shape index (κ3) is 4.78. The third-order valence-electron chi connectivity index (χ3n) is 5.59. The SMILES string of the molecule is COc1ccccc1-n1nc(OC2CC(C)(C)SC(C)(C)C2)cc1-c1ccc(C#N)cc1. The highest BCUT2D eigenvalue weighted by molar-refractivity contribution is 8.01. The molecule has 6 heteroatoms. The Balaban J connectivity index is 1.75. The zero-order chi connectivity index (χ0) is 22.9. The standard InChI is InChI=1S/C26H29N3O2S/c1-25(2)15-20(16-26(3,4)32-25)31-24-14-22(19-12-10-18(17-27)11-13-19)29(28-24)21-8-6-7-9-23(21)30-5/h6-14,20H,15-16H2,1-5H3. The van der Waals surface area contributed by atoms with Gasteiger partial charge in [-0.1, -0.05) is 52.0 Å². The minimum absolute atomic E-state index is 0.0936. The fourth-order valence-electron chi connectivity index (χ4n) is 4.58. The van der Waals surface area contributed by atoms with Crippen molar-refractivity contribution in [1.82, 2.24) is 9.78 Å². The summed E-state index contributed by atoms with van der Waals surface area (Å²) in [5.74, 6) is 1.33. The molecule has 0 spiro atoms. The quantitative estimate of drug-likeness (QED) is 0.462. The molecule has 1 fully saturated rings. The average Bonchev–Trinajstić information content (AvgIpc) is 3.14. The zero-order valence-electron chi connectivity index (χ0n) is 19.3. The fourth-order valence-corrected chi connectivity index (χ4v) is 6.62. The van der Waals surface area contributed by atoms with Crippen molar-refractivity contribution < 1.29 is 9.47 Å². The van der Waals surface area contributed by atoms with E-state index in [0.717, 1.165) is 35.5 Å². The lowest BCUT2D eigenvalue weighted by molar-refractivity contribution is 0.145. The van der Waals surface area contributed by atoms with E-state index in [9.17, 15) is 0 Å². The number of para-hydroxylation sites is 2. The summed E-state index contributed by atoms with van der Waals surface area (Å²) in [4.78, 5) is 0. The Morgan fingerprint density at radius 2 is 1.69 bits per heavy atom. The molecule has 32 heavy (non-hydrogen) atoms. The first-order chi connectivity index (χ1) is 15.2. The van der Waals surface area contributed by atoms with Gasteiger partial charge in [0.25, 0.3) is 0 Å². The molecule has 1 saturated heterocycles. The van der Waals surface area contributed by atoms with Crippen LogP contribution in [-0.2, 0) is 0 Å². The lowest BCUT2D eigenvalue weighted by atomic mass is 9.95. The monoisotopic (exact) mass is 447 g/mol. The summed E-state index contributed by atoms with van der Waals surface area (Å²) >= 11 is 2.02. The largest absolute Gasteiger partial charge is 0.494 e. The fraction of sp³-hybridized carbons (Fsp3) is 0.385. The van der Waals surface area contributed by atoms with Crippen LogP contribution in [0.4, 0.5) is 0 Å². The zero-order valence-corrected chi connectivity index (χ0v) is 20.1. The van der Waals surface area contributed by atoms with Gasteiger partial charge in [0.05, 0.1) is 24.4 Å². The topological polar surface area (TPSA) is 60.1 Å². The average molecular weight is 448 g/mol.